The number of rotatable bonds is 5. The SMILES string of the molecule is CCOc1cc(OCC#N)ccc1-c1nc2ncccc2[nH]1. The number of fused-ring (bicyclic) bond motifs is 1. The molecule has 3 rings (SSSR count). The molecule has 0 bridgehead atoms. The summed E-state index contributed by atoms with van der Waals surface area (Å²) in [5.74, 6) is 1.92. The Hall–Kier alpha value is -3.07. The summed E-state index contributed by atoms with van der Waals surface area (Å²) in [4.78, 5) is 11.9. The van der Waals surface area contributed by atoms with Crippen LogP contribution in [-0.2, 0) is 0 Å². The van der Waals surface area contributed by atoms with Crippen molar-refractivity contribution in [2.45, 2.75) is 6.92 Å². The third-order valence-corrected chi connectivity index (χ3v) is 3.07. The molecule has 2 aromatic heterocycles. The Morgan fingerprint density at radius 3 is 2.95 bits per heavy atom. The van der Waals surface area contributed by atoms with Gasteiger partial charge in [-0.05, 0) is 31.2 Å². The molecule has 6 nitrogen and oxygen atoms in total. The predicted molar refractivity (Wildman–Crippen MR) is 81.6 cm³/mol. The highest BCUT2D eigenvalue weighted by Crippen LogP contribution is 2.32. The molecule has 0 aliphatic carbocycles. The van der Waals surface area contributed by atoms with Crippen LogP contribution in [0.5, 0.6) is 11.5 Å². The molecule has 0 saturated carbocycles. The van der Waals surface area contributed by atoms with Gasteiger partial charge >= 0.3 is 0 Å². The second-order valence-electron chi connectivity index (χ2n) is 4.50. The van der Waals surface area contributed by atoms with Crippen molar-refractivity contribution >= 4 is 11.2 Å². The van der Waals surface area contributed by atoms with Crippen LogP contribution < -0.4 is 9.47 Å². The highest BCUT2D eigenvalue weighted by molar-refractivity contribution is 5.77. The van der Waals surface area contributed by atoms with Crippen molar-refractivity contribution in [1.29, 1.82) is 5.26 Å². The molecule has 2 heterocycles. The molecule has 0 unspecified atom stereocenters. The Labute approximate surface area is 127 Å². The van der Waals surface area contributed by atoms with Crippen molar-refractivity contribution in [3.8, 4) is 29.0 Å². The largest absolute Gasteiger partial charge is 0.493 e. The first-order chi connectivity index (χ1) is 10.8. The summed E-state index contributed by atoms with van der Waals surface area (Å²) >= 11 is 0. The lowest BCUT2D eigenvalue weighted by Crippen LogP contribution is -1.98. The van der Waals surface area contributed by atoms with E-state index in [4.69, 9.17) is 14.7 Å². The van der Waals surface area contributed by atoms with Gasteiger partial charge in [0.1, 0.15) is 23.4 Å². The molecule has 0 aliphatic rings. The summed E-state index contributed by atoms with van der Waals surface area (Å²) in [5.41, 5.74) is 2.35. The first-order valence-electron chi connectivity index (χ1n) is 6.89. The first-order valence-corrected chi connectivity index (χ1v) is 6.89. The van der Waals surface area contributed by atoms with Crippen molar-refractivity contribution in [2.75, 3.05) is 13.2 Å². The lowest BCUT2D eigenvalue weighted by Gasteiger charge is -2.10. The van der Waals surface area contributed by atoms with Gasteiger partial charge in [-0.25, -0.2) is 9.97 Å². The number of hydrogen-bond donors (Lipinski definition) is 1. The molecule has 0 atom stereocenters. The van der Waals surface area contributed by atoms with E-state index >= 15 is 0 Å². The van der Waals surface area contributed by atoms with Gasteiger partial charge in [0.15, 0.2) is 12.3 Å². The van der Waals surface area contributed by atoms with Gasteiger partial charge in [-0.2, -0.15) is 5.26 Å². The second-order valence-corrected chi connectivity index (χ2v) is 4.50. The number of hydrogen-bond acceptors (Lipinski definition) is 5. The third-order valence-electron chi connectivity index (χ3n) is 3.07. The monoisotopic (exact) mass is 294 g/mol. The third kappa shape index (κ3) is 2.69. The minimum atomic E-state index is -0.000526. The van der Waals surface area contributed by atoms with E-state index in [0.29, 0.717) is 29.6 Å². The molecule has 1 aromatic carbocycles. The lowest BCUT2D eigenvalue weighted by molar-refractivity contribution is 0.333. The zero-order chi connectivity index (χ0) is 15.4. The molecular formula is C16H14N4O2. The zero-order valence-electron chi connectivity index (χ0n) is 12.0. The van der Waals surface area contributed by atoms with Gasteiger partial charge in [0.2, 0.25) is 0 Å². The maximum Gasteiger partial charge on any atom is 0.178 e. The van der Waals surface area contributed by atoms with Crippen LogP contribution in [0.4, 0.5) is 0 Å². The lowest BCUT2D eigenvalue weighted by atomic mass is 10.2. The Bertz CT molecular complexity index is 803. The number of ether oxygens (including phenoxy) is 2. The molecule has 0 radical (unpaired) electrons. The highest BCUT2D eigenvalue weighted by atomic mass is 16.5. The van der Waals surface area contributed by atoms with E-state index in [1.165, 1.54) is 0 Å². The zero-order valence-corrected chi connectivity index (χ0v) is 12.0. The van der Waals surface area contributed by atoms with E-state index in [1.807, 2.05) is 31.2 Å². The van der Waals surface area contributed by atoms with Crippen LogP contribution >= 0.6 is 0 Å². The average molecular weight is 294 g/mol. The number of nitriles is 1. The van der Waals surface area contributed by atoms with Crippen molar-refractivity contribution in [3.05, 3.63) is 36.5 Å². The van der Waals surface area contributed by atoms with E-state index in [0.717, 1.165) is 11.1 Å². The van der Waals surface area contributed by atoms with Gasteiger partial charge < -0.3 is 14.5 Å². The van der Waals surface area contributed by atoms with Crippen molar-refractivity contribution in [3.63, 3.8) is 0 Å². The molecule has 6 heteroatoms. The van der Waals surface area contributed by atoms with Gasteiger partial charge in [-0.1, -0.05) is 0 Å². The van der Waals surface area contributed by atoms with E-state index in [-0.39, 0.29) is 6.61 Å². The van der Waals surface area contributed by atoms with Crippen molar-refractivity contribution in [2.24, 2.45) is 0 Å². The van der Waals surface area contributed by atoms with Crippen LogP contribution in [0.2, 0.25) is 0 Å². The maximum atomic E-state index is 8.59. The minimum Gasteiger partial charge on any atom is -0.493 e. The summed E-state index contributed by atoms with van der Waals surface area (Å²) in [6.45, 7) is 2.43. The molecule has 0 aliphatic heterocycles. The molecule has 0 amide bonds. The number of nitrogens with one attached hydrogen (secondary N) is 1. The molecule has 22 heavy (non-hydrogen) atoms. The van der Waals surface area contributed by atoms with Crippen LogP contribution in [0.3, 0.4) is 0 Å². The standard InChI is InChI=1S/C16H14N4O2/c1-2-21-14-10-11(22-9-7-17)5-6-12(14)15-19-13-4-3-8-18-16(13)20-15/h3-6,8,10H,2,9H2,1H3,(H,18,19,20). The number of benzene rings is 1. The molecule has 0 saturated heterocycles. The summed E-state index contributed by atoms with van der Waals surface area (Å²) in [6, 6.07) is 11.1. The van der Waals surface area contributed by atoms with E-state index in [9.17, 15) is 0 Å². The smallest absolute Gasteiger partial charge is 0.178 e. The van der Waals surface area contributed by atoms with Gasteiger partial charge in [0, 0.05) is 12.3 Å². The molecular weight excluding hydrogens is 280 g/mol. The molecule has 110 valence electrons. The Kier molecular flexibility index (Phi) is 3.88. The van der Waals surface area contributed by atoms with Gasteiger partial charge in [0.25, 0.3) is 0 Å². The summed E-state index contributed by atoms with van der Waals surface area (Å²) in [5, 5.41) is 8.59. The van der Waals surface area contributed by atoms with Crippen LogP contribution in [0.25, 0.3) is 22.6 Å². The fourth-order valence-corrected chi connectivity index (χ4v) is 2.15. The van der Waals surface area contributed by atoms with Crippen LogP contribution in [0.15, 0.2) is 36.5 Å². The first kappa shape index (κ1) is 13.9. The highest BCUT2D eigenvalue weighted by Gasteiger charge is 2.12. The Balaban J connectivity index is 2.02. The number of pyridine rings is 1. The maximum absolute atomic E-state index is 8.59. The fraction of sp³-hybridized carbons (Fsp3) is 0.188. The van der Waals surface area contributed by atoms with Crippen LogP contribution in [0, 0.1) is 11.3 Å². The van der Waals surface area contributed by atoms with Gasteiger partial charge in [0.05, 0.1) is 17.7 Å². The number of imidazole rings is 1. The van der Waals surface area contributed by atoms with Gasteiger partial charge in [-0.3, -0.25) is 0 Å². The molecule has 3 aromatic rings. The average Bonchev–Trinajstić information content (AvgIpc) is 2.97. The number of aromatic amines is 1. The summed E-state index contributed by atoms with van der Waals surface area (Å²) in [7, 11) is 0. The number of aromatic nitrogens is 3. The minimum absolute atomic E-state index is 0.000526. The predicted octanol–water partition coefficient (Wildman–Crippen LogP) is 2.93. The second kappa shape index (κ2) is 6.14. The summed E-state index contributed by atoms with van der Waals surface area (Å²) < 4.78 is 11.0. The van der Waals surface area contributed by atoms with Crippen LogP contribution in [0.1, 0.15) is 6.92 Å². The number of nitrogens with zero attached hydrogens (tertiary/aromatic N) is 3. The number of H-pyrrole nitrogens is 1. The normalized spacial score (nSPS) is 10.4. The topological polar surface area (TPSA) is 83.8 Å². The molecule has 0 fully saturated rings. The molecule has 0 spiro atoms. The summed E-state index contributed by atoms with van der Waals surface area (Å²) in [6.07, 6.45) is 1.70. The fourth-order valence-electron chi connectivity index (χ4n) is 2.15. The Morgan fingerprint density at radius 2 is 2.18 bits per heavy atom. The Morgan fingerprint density at radius 1 is 1.27 bits per heavy atom. The van der Waals surface area contributed by atoms with Crippen molar-refractivity contribution in [1.82, 2.24) is 15.0 Å². The van der Waals surface area contributed by atoms with Gasteiger partial charge in [-0.15, -0.1) is 0 Å². The van der Waals surface area contributed by atoms with Crippen LogP contribution in [-0.4, -0.2) is 28.2 Å². The van der Waals surface area contributed by atoms with E-state index in [1.54, 1.807) is 18.3 Å². The van der Waals surface area contributed by atoms with E-state index in [2.05, 4.69) is 15.0 Å². The van der Waals surface area contributed by atoms with Crippen molar-refractivity contribution < 1.29 is 9.47 Å². The quantitative estimate of drug-likeness (QED) is 0.782. The molecule has 1 N–H and O–H groups in total. The van der Waals surface area contributed by atoms with E-state index < -0.39 is 0 Å².